The monoisotopic (exact) mass is 228 g/mol. The van der Waals surface area contributed by atoms with E-state index in [0.29, 0.717) is 5.78 Å². The van der Waals surface area contributed by atoms with Gasteiger partial charge < -0.3 is 0 Å². The molecule has 90 valence electrons. The third kappa shape index (κ3) is 3.06. The number of unbranched alkanes of at least 4 members (excludes halogenated alkanes) is 1. The van der Waals surface area contributed by atoms with Crippen molar-refractivity contribution >= 4 is 5.78 Å². The number of allylic oxidation sites excluding steroid dienone is 1. The molecule has 1 atom stereocenters. The first-order chi connectivity index (χ1) is 8.31. The van der Waals surface area contributed by atoms with Crippen LogP contribution < -0.4 is 0 Å². The molecule has 0 fully saturated rings. The fourth-order valence-electron chi connectivity index (χ4n) is 2.60. The Hall–Kier alpha value is -1.37. The number of carbonyl (C=O) groups is 1. The summed E-state index contributed by atoms with van der Waals surface area (Å²) in [6, 6.07) is 8.51. The molecule has 0 aromatic heterocycles. The molecule has 0 spiro atoms. The summed E-state index contributed by atoms with van der Waals surface area (Å²) in [5.74, 6) is 0.705. The summed E-state index contributed by atoms with van der Waals surface area (Å²) in [6.07, 6.45) is 7.57. The van der Waals surface area contributed by atoms with E-state index < -0.39 is 0 Å². The summed E-state index contributed by atoms with van der Waals surface area (Å²) in [4.78, 5) is 12.0. The number of carbonyl (C=O) groups excluding carboxylic acids is 1. The Kier molecular flexibility index (Phi) is 4.13. The van der Waals surface area contributed by atoms with Crippen LogP contribution >= 0.6 is 0 Å². The summed E-state index contributed by atoms with van der Waals surface area (Å²) >= 11 is 0. The molecule has 1 aromatic carbocycles. The molecule has 0 aliphatic heterocycles. The zero-order valence-electron chi connectivity index (χ0n) is 10.3. The molecule has 0 N–H and O–H groups in total. The fraction of sp³-hybridized carbons (Fsp3) is 0.438. The SMILES string of the molecule is C=CCCCC(=O)C1CCc2ccccc2C1. The van der Waals surface area contributed by atoms with Crippen LogP contribution in [-0.2, 0) is 17.6 Å². The van der Waals surface area contributed by atoms with Crippen LogP contribution in [0.15, 0.2) is 36.9 Å². The van der Waals surface area contributed by atoms with Crippen molar-refractivity contribution in [2.45, 2.75) is 38.5 Å². The number of hydrogen-bond acceptors (Lipinski definition) is 1. The number of ketones is 1. The van der Waals surface area contributed by atoms with Crippen molar-refractivity contribution in [1.82, 2.24) is 0 Å². The van der Waals surface area contributed by atoms with Gasteiger partial charge in [0.2, 0.25) is 0 Å². The number of benzene rings is 1. The standard InChI is InChI=1S/C16H20O/c1-2-3-4-9-16(17)15-11-10-13-7-5-6-8-14(13)12-15/h2,5-8,15H,1,3-4,9-12H2. The molecule has 0 heterocycles. The van der Waals surface area contributed by atoms with E-state index in [1.54, 1.807) is 0 Å². The van der Waals surface area contributed by atoms with Crippen molar-refractivity contribution in [2.24, 2.45) is 5.92 Å². The number of aryl methyl sites for hydroxylation is 1. The van der Waals surface area contributed by atoms with Crippen LogP contribution in [-0.4, -0.2) is 5.78 Å². The summed E-state index contributed by atoms with van der Waals surface area (Å²) in [5.41, 5.74) is 2.81. The van der Waals surface area contributed by atoms with Gasteiger partial charge in [-0.3, -0.25) is 4.79 Å². The maximum absolute atomic E-state index is 12.0. The lowest BCUT2D eigenvalue weighted by Gasteiger charge is -2.23. The van der Waals surface area contributed by atoms with Crippen LogP contribution in [0.1, 0.15) is 36.8 Å². The van der Waals surface area contributed by atoms with Gasteiger partial charge in [0.15, 0.2) is 0 Å². The highest BCUT2D eigenvalue weighted by Crippen LogP contribution is 2.26. The number of rotatable bonds is 5. The Labute approximate surface area is 104 Å². The highest BCUT2D eigenvalue weighted by molar-refractivity contribution is 5.81. The number of Topliss-reactive ketones (excluding diaryl/α,β-unsaturated/α-hetero) is 1. The van der Waals surface area contributed by atoms with Crippen molar-refractivity contribution < 1.29 is 4.79 Å². The van der Waals surface area contributed by atoms with Gasteiger partial charge >= 0.3 is 0 Å². The average Bonchev–Trinajstić information content (AvgIpc) is 2.38. The van der Waals surface area contributed by atoms with Gasteiger partial charge in [0.05, 0.1) is 0 Å². The quantitative estimate of drug-likeness (QED) is 0.554. The highest BCUT2D eigenvalue weighted by Gasteiger charge is 2.23. The zero-order valence-corrected chi connectivity index (χ0v) is 10.3. The minimum absolute atomic E-state index is 0.259. The highest BCUT2D eigenvalue weighted by atomic mass is 16.1. The third-order valence-electron chi connectivity index (χ3n) is 3.63. The second kappa shape index (κ2) is 5.81. The Morgan fingerprint density at radius 1 is 1.35 bits per heavy atom. The third-order valence-corrected chi connectivity index (χ3v) is 3.63. The second-order valence-corrected chi connectivity index (χ2v) is 4.86. The summed E-state index contributed by atoms with van der Waals surface area (Å²) in [5, 5.41) is 0. The van der Waals surface area contributed by atoms with E-state index in [0.717, 1.165) is 38.5 Å². The van der Waals surface area contributed by atoms with Gasteiger partial charge in [-0.05, 0) is 43.2 Å². The van der Waals surface area contributed by atoms with Crippen molar-refractivity contribution in [3.8, 4) is 0 Å². The predicted octanol–water partition coefficient (Wildman–Crippen LogP) is 3.72. The molecule has 2 rings (SSSR count). The Bertz CT molecular complexity index is 406. The molecule has 0 amide bonds. The molecule has 1 heteroatoms. The van der Waals surface area contributed by atoms with E-state index in [2.05, 4.69) is 30.8 Å². The van der Waals surface area contributed by atoms with Crippen molar-refractivity contribution in [3.05, 3.63) is 48.0 Å². The first-order valence-corrected chi connectivity index (χ1v) is 6.51. The first-order valence-electron chi connectivity index (χ1n) is 6.51. The normalized spacial score (nSPS) is 18.5. The molecule has 1 aliphatic carbocycles. The van der Waals surface area contributed by atoms with E-state index in [1.807, 2.05) is 6.08 Å². The summed E-state index contributed by atoms with van der Waals surface area (Å²) in [7, 11) is 0. The van der Waals surface area contributed by atoms with E-state index in [9.17, 15) is 4.79 Å². The van der Waals surface area contributed by atoms with Gasteiger partial charge in [0, 0.05) is 12.3 Å². The predicted molar refractivity (Wildman–Crippen MR) is 71.0 cm³/mol. The van der Waals surface area contributed by atoms with Crippen LogP contribution in [0.2, 0.25) is 0 Å². The van der Waals surface area contributed by atoms with Crippen LogP contribution in [0.25, 0.3) is 0 Å². The lowest BCUT2D eigenvalue weighted by molar-refractivity contribution is -0.123. The van der Waals surface area contributed by atoms with Crippen molar-refractivity contribution in [1.29, 1.82) is 0 Å². The van der Waals surface area contributed by atoms with Gasteiger partial charge in [-0.2, -0.15) is 0 Å². The van der Waals surface area contributed by atoms with Gasteiger partial charge in [-0.25, -0.2) is 0 Å². The number of fused-ring (bicyclic) bond motifs is 1. The van der Waals surface area contributed by atoms with Crippen LogP contribution in [0, 0.1) is 5.92 Å². The largest absolute Gasteiger partial charge is 0.299 e. The first kappa shape index (κ1) is 12.1. The molecule has 0 saturated carbocycles. The van der Waals surface area contributed by atoms with Gasteiger partial charge in [0.25, 0.3) is 0 Å². The Balaban J connectivity index is 1.93. The molecular weight excluding hydrogens is 208 g/mol. The van der Waals surface area contributed by atoms with Crippen LogP contribution in [0.3, 0.4) is 0 Å². The topological polar surface area (TPSA) is 17.1 Å². The Morgan fingerprint density at radius 3 is 2.88 bits per heavy atom. The van der Waals surface area contributed by atoms with E-state index in [4.69, 9.17) is 0 Å². The lowest BCUT2D eigenvalue weighted by atomic mass is 9.81. The van der Waals surface area contributed by atoms with Crippen LogP contribution in [0.5, 0.6) is 0 Å². The molecule has 1 unspecified atom stereocenters. The molecule has 17 heavy (non-hydrogen) atoms. The Morgan fingerprint density at radius 2 is 2.12 bits per heavy atom. The molecule has 1 aliphatic rings. The van der Waals surface area contributed by atoms with Gasteiger partial charge in [-0.1, -0.05) is 30.3 Å². The maximum Gasteiger partial charge on any atom is 0.136 e. The lowest BCUT2D eigenvalue weighted by Crippen LogP contribution is -2.22. The smallest absolute Gasteiger partial charge is 0.136 e. The van der Waals surface area contributed by atoms with Gasteiger partial charge in [-0.15, -0.1) is 6.58 Å². The van der Waals surface area contributed by atoms with E-state index in [-0.39, 0.29) is 5.92 Å². The van der Waals surface area contributed by atoms with E-state index in [1.165, 1.54) is 11.1 Å². The molecule has 0 saturated heterocycles. The second-order valence-electron chi connectivity index (χ2n) is 4.86. The molecule has 0 bridgehead atoms. The molecular formula is C16H20O. The average molecular weight is 228 g/mol. The van der Waals surface area contributed by atoms with Gasteiger partial charge in [0.1, 0.15) is 5.78 Å². The minimum atomic E-state index is 0.259. The molecule has 1 aromatic rings. The summed E-state index contributed by atoms with van der Waals surface area (Å²) in [6.45, 7) is 3.69. The van der Waals surface area contributed by atoms with Crippen molar-refractivity contribution in [3.63, 3.8) is 0 Å². The van der Waals surface area contributed by atoms with E-state index >= 15 is 0 Å². The molecule has 0 radical (unpaired) electrons. The number of hydrogen-bond donors (Lipinski definition) is 0. The fourth-order valence-corrected chi connectivity index (χ4v) is 2.60. The molecule has 1 nitrogen and oxygen atoms in total. The summed E-state index contributed by atoms with van der Waals surface area (Å²) < 4.78 is 0. The zero-order chi connectivity index (χ0) is 12.1. The van der Waals surface area contributed by atoms with Crippen molar-refractivity contribution in [2.75, 3.05) is 0 Å². The maximum atomic E-state index is 12.0. The minimum Gasteiger partial charge on any atom is -0.299 e. The van der Waals surface area contributed by atoms with Crippen LogP contribution in [0.4, 0.5) is 0 Å².